The van der Waals surface area contributed by atoms with E-state index in [0.717, 1.165) is 36.4 Å². The lowest BCUT2D eigenvalue weighted by molar-refractivity contribution is 0.470. The summed E-state index contributed by atoms with van der Waals surface area (Å²) in [6.45, 7) is 0. The van der Waals surface area contributed by atoms with Crippen LogP contribution in [0, 0.1) is 0 Å². The molecule has 5 rings (SSSR count). The smallest absolute Gasteiger partial charge is 0.294 e. The second-order valence-corrected chi connectivity index (χ2v) is 15.4. The van der Waals surface area contributed by atoms with Gasteiger partial charge in [0.25, 0.3) is 40.5 Å². The molecule has 0 saturated carbocycles. The number of phenols is 2. The Bertz CT molecular complexity index is 2430. The second-order valence-electron chi connectivity index (χ2n) is 9.42. The summed E-state index contributed by atoms with van der Waals surface area (Å²) in [6.07, 6.45) is 0. The van der Waals surface area contributed by atoms with Crippen molar-refractivity contribution in [3.63, 3.8) is 0 Å². The molecule has 0 amide bonds. The van der Waals surface area contributed by atoms with Crippen molar-refractivity contribution in [1.29, 1.82) is 0 Å². The first-order chi connectivity index (χ1) is 21.5. The van der Waals surface area contributed by atoms with Gasteiger partial charge in [-0.15, -0.1) is 0 Å². The molecule has 0 unspecified atom stereocenters. The van der Waals surface area contributed by atoms with Crippen LogP contribution in [0.4, 0.5) is 23.3 Å². The number of fused-ring (bicyclic) bond motifs is 2. The summed E-state index contributed by atoms with van der Waals surface area (Å²) in [6, 6.07) is 6.10. The van der Waals surface area contributed by atoms with Gasteiger partial charge >= 0.3 is 0 Å². The average Bonchev–Trinajstić information content (AvgIpc) is 2.90. The van der Waals surface area contributed by atoms with Crippen LogP contribution in [0.5, 0.6) is 11.5 Å². The minimum Gasteiger partial charge on any atom is -0.507 e. The normalized spacial score (nSPS) is 12.8. The van der Waals surface area contributed by atoms with Crippen molar-refractivity contribution >= 4 is 96.9 Å². The van der Waals surface area contributed by atoms with Crippen LogP contribution in [0.2, 0.25) is 5.28 Å². The number of halogens is 1. The van der Waals surface area contributed by atoms with E-state index in [-0.39, 0.29) is 32.9 Å². The number of aromatic nitrogens is 3. The Kier molecular flexibility index (Phi) is 8.19. The van der Waals surface area contributed by atoms with E-state index in [1.165, 1.54) is 0 Å². The minimum absolute atomic E-state index is 0.248. The summed E-state index contributed by atoms with van der Waals surface area (Å²) in [5.74, 6) is -2.59. The number of phenolic OH excluding ortho intramolecular Hbond substituents is 2. The molecule has 5 aromatic rings. The van der Waals surface area contributed by atoms with Crippen LogP contribution >= 0.6 is 11.6 Å². The van der Waals surface area contributed by atoms with Gasteiger partial charge in [0, 0.05) is 22.9 Å². The molecule has 1 heterocycles. The highest BCUT2D eigenvalue weighted by Gasteiger charge is 2.23. The fraction of sp³-hybridized carbons (Fsp3) is 0. The zero-order chi connectivity index (χ0) is 34.9. The highest BCUT2D eigenvalue weighted by Crippen LogP contribution is 2.39. The average molecular weight is 750 g/mol. The highest BCUT2D eigenvalue weighted by atomic mass is 35.5. The molecule has 0 radical (unpaired) electrons. The Morgan fingerprint density at radius 2 is 0.787 bits per heavy atom. The molecule has 0 atom stereocenters. The van der Waals surface area contributed by atoms with Crippen LogP contribution in [0.15, 0.2) is 68.1 Å². The number of benzene rings is 4. The summed E-state index contributed by atoms with van der Waals surface area (Å²) in [5.41, 5.74) is -0.700. The van der Waals surface area contributed by atoms with E-state index in [0.29, 0.717) is 12.1 Å². The monoisotopic (exact) mass is 749 g/mol. The third-order valence-electron chi connectivity index (χ3n) is 6.24. The summed E-state index contributed by atoms with van der Waals surface area (Å²) in [5, 5.41) is 24.6. The molecular weight excluding hydrogens is 734 g/mol. The topological polar surface area (TPSA) is 321 Å². The van der Waals surface area contributed by atoms with Gasteiger partial charge in [-0.2, -0.15) is 48.6 Å². The first kappa shape index (κ1) is 33.9. The lowest BCUT2D eigenvalue weighted by atomic mass is 10.1. The van der Waals surface area contributed by atoms with Gasteiger partial charge in [-0.3, -0.25) is 18.2 Å². The first-order valence-electron chi connectivity index (χ1n) is 12.0. The van der Waals surface area contributed by atoms with Crippen molar-refractivity contribution in [1.82, 2.24) is 15.0 Å². The highest BCUT2D eigenvalue weighted by molar-refractivity contribution is 7.86. The number of hydrogen-bond acceptors (Lipinski definition) is 15. The standard InChI is InChI=1S/C23H16ClN5O14S4/c24-21-27-22(25-15-5-11(44(32,33)34)1-9-3-13(46(38,39)40)7-17(30)19(9)15)29-23(28-21)26-16-6-12(45(35,36)37)2-10-4-14(47(41,42)43)8-18(31)20(10)16/h1-8,30-31H,(H,32,33,34)(H,35,36,37)(H,38,39,40)(H,41,42,43)(H2,25,26,27,28,29). The van der Waals surface area contributed by atoms with Gasteiger partial charge in [-0.1, -0.05) is 0 Å². The largest absolute Gasteiger partial charge is 0.507 e. The van der Waals surface area contributed by atoms with Gasteiger partial charge < -0.3 is 20.8 Å². The number of aromatic hydroxyl groups is 2. The van der Waals surface area contributed by atoms with Crippen LogP contribution in [-0.4, -0.2) is 77.0 Å². The molecule has 0 aliphatic carbocycles. The van der Waals surface area contributed by atoms with Crippen LogP contribution < -0.4 is 10.6 Å². The SMILES string of the molecule is O=S(=O)(O)c1cc(O)c2c(Nc3nc(Cl)nc(Nc4cc(S(=O)(=O)O)cc5cc(S(=O)(=O)O)cc(O)c45)n3)cc(S(=O)(=O)O)cc2c1. The number of nitrogens with zero attached hydrogens (tertiary/aromatic N) is 3. The van der Waals surface area contributed by atoms with E-state index in [4.69, 9.17) is 11.6 Å². The molecule has 4 aromatic carbocycles. The molecule has 24 heteroatoms. The summed E-state index contributed by atoms with van der Waals surface area (Å²) < 4.78 is 133. The van der Waals surface area contributed by atoms with E-state index in [1.807, 2.05) is 0 Å². The van der Waals surface area contributed by atoms with Crippen molar-refractivity contribution in [2.45, 2.75) is 19.6 Å². The van der Waals surface area contributed by atoms with E-state index in [9.17, 15) is 62.1 Å². The van der Waals surface area contributed by atoms with E-state index < -0.39 is 88.7 Å². The van der Waals surface area contributed by atoms with Crippen molar-refractivity contribution in [3.05, 3.63) is 53.8 Å². The molecule has 8 N–H and O–H groups in total. The molecule has 0 aliphatic rings. The van der Waals surface area contributed by atoms with E-state index in [1.54, 1.807) is 0 Å². The number of hydrogen-bond donors (Lipinski definition) is 8. The number of rotatable bonds is 8. The summed E-state index contributed by atoms with van der Waals surface area (Å²) >= 11 is 6.03. The maximum absolute atomic E-state index is 12.0. The summed E-state index contributed by atoms with van der Waals surface area (Å²) in [4.78, 5) is 8.40. The van der Waals surface area contributed by atoms with Gasteiger partial charge in [-0.05, 0) is 58.8 Å². The fourth-order valence-electron chi connectivity index (χ4n) is 4.37. The maximum Gasteiger partial charge on any atom is 0.294 e. The van der Waals surface area contributed by atoms with Crippen molar-refractivity contribution < 1.29 is 62.1 Å². The molecule has 47 heavy (non-hydrogen) atoms. The molecule has 0 fully saturated rings. The van der Waals surface area contributed by atoms with Crippen LogP contribution in [0.3, 0.4) is 0 Å². The molecule has 0 spiro atoms. The minimum atomic E-state index is -4.95. The van der Waals surface area contributed by atoms with Crippen molar-refractivity contribution in [2.75, 3.05) is 10.6 Å². The molecular formula is C23H16ClN5O14S4. The molecule has 19 nitrogen and oxygen atoms in total. The Morgan fingerprint density at radius 3 is 1.09 bits per heavy atom. The van der Waals surface area contributed by atoms with Gasteiger partial charge in [-0.25, -0.2) is 0 Å². The lowest BCUT2D eigenvalue weighted by Gasteiger charge is -2.15. The molecule has 0 saturated heterocycles. The lowest BCUT2D eigenvalue weighted by Crippen LogP contribution is -2.07. The number of nitrogens with one attached hydrogen (secondary N) is 2. The van der Waals surface area contributed by atoms with Gasteiger partial charge in [0.05, 0.1) is 31.0 Å². The predicted octanol–water partition coefficient (Wildman–Crippen LogP) is 2.72. The Balaban J connectivity index is 1.67. The van der Waals surface area contributed by atoms with Gasteiger partial charge in [0.15, 0.2) is 0 Å². The Hall–Kier alpha value is -4.46. The van der Waals surface area contributed by atoms with Crippen LogP contribution in [0.25, 0.3) is 21.5 Å². The van der Waals surface area contributed by atoms with Crippen molar-refractivity contribution in [2.24, 2.45) is 0 Å². The molecule has 1 aromatic heterocycles. The molecule has 0 bridgehead atoms. The summed E-state index contributed by atoms with van der Waals surface area (Å²) in [7, 11) is -19.7. The van der Waals surface area contributed by atoms with Crippen LogP contribution in [-0.2, 0) is 40.5 Å². The van der Waals surface area contributed by atoms with E-state index >= 15 is 0 Å². The van der Waals surface area contributed by atoms with Gasteiger partial charge in [0.2, 0.25) is 17.2 Å². The zero-order valence-electron chi connectivity index (χ0n) is 22.4. The zero-order valence-corrected chi connectivity index (χ0v) is 26.4. The first-order valence-corrected chi connectivity index (χ1v) is 18.1. The third-order valence-corrected chi connectivity index (χ3v) is 9.74. The third kappa shape index (κ3) is 7.11. The van der Waals surface area contributed by atoms with Crippen LogP contribution in [0.1, 0.15) is 0 Å². The quantitative estimate of drug-likeness (QED) is 0.106. The predicted molar refractivity (Wildman–Crippen MR) is 162 cm³/mol. The number of anilines is 4. The second kappa shape index (κ2) is 11.4. The maximum atomic E-state index is 12.0. The Morgan fingerprint density at radius 1 is 0.489 bits per heavy atom. The Labute approximate surface area is 268 Å². The van der Waals surface area contributed by atoms with Gasteiger partial charge in [0.1, 0.15) is 11.5 Å². The molecule has 248 valence electrons. The van der Waals surface area contributed by atoms with E-state index in [2.05, 4.69) is 25.6 Å². The van der Waals surface area contributed by atoms with Crippen molar-refractivity contribution in [3.8, 4) is 11.5 Å². The molecule has 0 aliphatic heterocycles. The fourth-order valence-corrected chi connectivity index (χ4v) is 6.69.